The van der Waals surface area contributed by atoms with Gasteiger partial charge in [-0.1, -0.05) is 12.1 Å². The third-order valence-corrected chi connectivity index (χ3v) is 4.17. The van der Waals surface area contributed by atoms with Crippen LogP contribution >= 0.6 is 0 Å². The molecule has 4 rings (SSSR count). The molecule has 124 valence electrons. The fourth-order valence-electron chi connectivity index (χ4n) is 2.96. The highest BCUT2D eigenvalue weighted by molar-refractivity contribution is 6.21. The highest BCUT2D eigenvalue weighted by Gasteiger charge is 2.19. The van der Waals surface area contributed by atoms with Crippen molar-refractivity contribution in [3.63, 3.8) is 0 Å². The molecule has 0 amide bonds. The van der Waals surface area contributed by atoms with Gasteiger partial charge >= 0.3 is 6.09 Å². The Bertz CT molecular complexity index is 1140. The van der Waals surface area contributed by atoms with Crippen LogP contribution in [-0.4, -0.2) is 38.6 Å². The van der Waals surface area contributed by atoms with E-state index in [4.69, 9.17) is 4.74 Å². The first-order chi connectivity index (χ1) is 12.1. The van der Waals surface area contributed by atoms with E-state index in [2.05, 4.69) is 9.97 Å². The molecular weight excluding hydrogens is 322 g/mol. The van der Waals surface area contributed by atoms with Crippen LogP contribution in [0.4, 0.5) is 4.79 Å². The summed E-state index contributed by atoms with van der Waals surface area (Å²) in [6, 6.07) is 8.39. The molecule has 0 radical (unpaired) electrons. The number of carboxylic acid groups (broad SMARTS) is 1. The van der Waals surface area contributed by atoms with Crippen LogP contribution in [0.5, 0.6) is 5.75 Å². The first kappa shape index (κ1) is 14.9. The summed E-state index contributed by atoms with van der Waals surface area (Å²) in [6.07, 6.45) is 3.51. The molecule has 0 aliphatic heterocycles. The molecule has 0 fully saturated rings. The molecule has 0 aliphatic carbocycles. The fraction of sp³-hybridized carbons (Fsp3) is 0.0556. The molecule has 0 saturated carbocycles. The van der Waals surface area contributed by atoms with Crippen molar-refractivity contribution in [1.29, 1.82) is 0 Å². The minimum Gasteiger partial charge on any atom is -0.495 e. The molecule has 0 atom stereocenters. The second-order valence-electron chi connectivity index (χ2n) is 5.51. The predicted octanol–water partition coefficient (Wildman–Crippen LogP) is 3.28. The lowest BCUT2D eigenvalue weighted by molar-refractivity contribution is 0.104. The van der Waals surface area contributed by atoms with Gasteiger partial charge in [0.25, 0.3) is 0 Å². The smallest absolute Gasteiger partial charge is 0.415 e. The number of carbonyl (C=O) groups is 2. The second-order valence-corrected chi connectivity index (χ2v) is 5.51. The summed E-state index contributed by atoms with van der Waals surface area (Å²) in [5.41, 5.74) is 1.94. The van der Waals surface area contributed by atoms with Crippen LogP contribution in [0.2, 0.25) is 0 Å². The second kappa shape index (κ2) is 5.48. The fourth-order valence-corrected chi connectivity index (χ4v) is 2.96. The van der Waals surface area contributed by atoms with E-state index in [1.165, 1.54) is 13.3 Å². The van der Waals surface area contributed by atoms with E-state index in [-0.39, 0.29) is 5.78 Å². The van der Waals surface area contributed by atoms with Gasteiger partial charge in [0.15, 0.2) is 5.78 Å². The average molecular weight is 335 g/mol. The van der Waals surface area contributed by atoms with Gasteiger partial charge in [0.05, 0.1) is 18.8 Å². The monoisotopic (exact) mass is 335 g/mol. The summed E-state index contributed by atoms with van der Waals surface area (Å²) < 4.78 is 6.26. The van der Waals surface area contributed by atoms with Crippen LogP contribution in [0.3, 0.4) is 0 Å². The highest BCUT2D eigenvalue weighted by atomic mass is 16.5. The van der Waals surface area contributed by atoms with E-state index < -0.39 is 6.09 Å². The van der Waals surface area contributed by atoms with Crippen LogP contribution in [0, 0.1) is 0 Å². The van der Waals surface area contributed by atoms with Gasteiger partial charge in [0.2, 0.25) is 0 Å². The summed E-state index contributed by atoms with van der Waals surface area (Å²) >= 11 is 0. The maximum Gasteiger partial charge on any atom is 0.415 e. The third-order valence-electron chi connectivity index (χ3n) is 4.17. The van der Waals surface area contributed by atoms with E-state index in [0.717, 1.165) is 4.57 Å². The number of nitrogens with zero attached hydrogens (tertiary/aromatic N) is 2. The lowest BCUT2D eigenvalue weighted by Gasteiger charge is -2.04. The van der Waals surface area contributed by atoms with Gasteiger partial charge in [-0.3, -0.25) is 9.36 Å². The molecule has 3 aromatic heterocycles. The molecule has 4 aromatic rings. The zero-order valence-electron chi connectivity index (χ0n) is 13.2. The van der Waals surface area contributed by atoms with Gasteiger partial charge in [0, 0.05) is 34.3 Å². The molecule has 7 nitrogen and oxygen atoms in total. The zero-order chi connectivity index (χ0) is 17.6. The number of aromatic amines is 1. The number of ketones is 1. The van der Waals surface area contributed by atoms with Gasteiger partial charge in [0.1, 0.15) is 11.4 Å². The topological polar surface area (TPSA) is 97.2 Å². The van der Waals surface area contributed by atoms with Crippen LogP contribution in [0.15, 0.2) is 48.9 Å². The molecule has 25 heavy (non-hydrogen) atoms. The molecule has 0 bridgehead atoms. The number of H-pyrrole nitrogens is 1. The maximum absolute atomic E-state index is 13.1. The number of methoxy groups -OCH3 is 1. The number of carbonyl (C=O) groups excluding carboxylic acids is 1. The van der Waals surface area contributed by atoms with Crippen molar-refractivity contribution in [2.24, 2.45) is 0 Å². The number of ether oxygens (including phenoxy) is 1. The number of hydrogen-bond acceptors (Lipinski definition) is 4. The van der Waals surface area contributed by atoms with Crippen molar-refractivity contribution in [1.82, 2.24) is 14.5 Å². The number of fused-ring (bicyclic) bond motifs is 2. The van der Waals surface area contributed by atoms with E-state index in [9.17, 15) is 14.7 Å². The minimum atomic E-state index is -1.10. The number of hydrogen-bond donors (Lipinski definition) is 2. The summed E-state index contributed by atoms with van der Waals surface area (Å²) in [5, 5.41) is 10.5. The average Bonchev–Trinajstić information content (AvgIpc) is 3.24. The molecule has 0 saturated heterocycles. The van der Waals surface area contributed by atoms with Crippen molar-refractivity contribution in [3.8, 4) is 5.75 Å². The van der Waals surface area contributed by atoms with Gasteiger partial charge in [-0.05, 0) is 18.2 Å². The Hall–Kier alpha value is -3.61. The predicted molar refractivity (Wildman–Crippen MR) is 91.4 cm³/mol. The Balaban J connectivity index is 1.90. The molecule has 2 N–H and O–H groups in total. The van der Waals surface area contributed by atoms with Crippen LogP contribution in [-0.2, 0) is 0 Å². The molecule has 0 unspecified atom stereocenters. The van der Waals surface area contributed by atoms with Crippen molar-refractivity contribution < 1.29 is 19.4 Å². The standard InChI is InChI=1S/C18H13N3O4/c1-25-10-7-13-14(9-20-17(13)19-8-10)16(22)12-3-2-4-15-11(12)5-6-21(15)18(23)24/h2-9H,1H3,(H,19,20)(H,23,24). The molecule has 0 spiro atoms. The third kappa shape index (κ3) is 2.25. The highest BCUT2D eigenvalue weighted by Crippen LogP contribution is 2.27. The molecule has 1 aromatic carbocycles. The summed E-state index contributed by atoms with van der Waals surface area (Å²) in [4.78, 5) is 31.5. The number of aromatic nitrogens is 3. The normalized spacial score (nSPS) is 11.1. The van der Waals surface area contributed by atoms with E-state index in [1.54, 1.807) is 42.7 Å². The van der Waals surface area contributed by atoms with Gasteiger partial charge in [-0.2, -0.15) is 0 Å². The Morgan fingerprint density at radius 3 is 2.80 bits per heavy atom. The minimum absolute atomic E-state index is 0.213. The Kier molecular flexibility index (Phi) is 3.28. The van der Waals surface area contributed by atoms with Crippen molar-refractivity contribution in [2.75, 3.05) is 7.11 Å². The number of benzene rings is 1. The van der Waals surface area contributed by atoms with Crippen LogP contribution in [0.1, 0.15) is 15.9 Å². The lowest BCUT2D eigenvalue weighted by Crippen LogP contribution is -2.06. The van der Waals surface area contributed by atoms with E-state index in [1.807, 2.05) is 0 Å². The van der Waals surface area contributed by atoms with E-state index >= 15 is 0 Å². The molecule has 0 aliphatic rings. The van der Waals surface area contributed by atoms with Gasteiger partial charge in [-0.25, -0.2) is 9.78 Å². The summed E-state index contributed by atoms with van der Waals surface area (Å²) in [7, 11) is 1.53. The number of pyridine rings is 1. The Labute approximate surface area is 141 Å². The zero-order valence-corrected chi connectivity index (χ0v) is 13.2. The lowest BCUT2D eigenvalue weighted by atomic mass is 10.00. The van der Waals surface area contributed by atoms with Gasteiger partial charge < -0.3 is 14.8 Å². The van der Waals surface area contributed by atoms with Crippen molar-refractivity contribution >= 4 is 33.8 Å². The summed E-state index contributed by atoms with van der Waals surface area (Å²) in [6.45, 7) is 0. The van der Waals surface area contributed by atoms with Gasteiger partial charge in [-0.15, -0.1) is 0 Å². The van der Waals surface area contributed by atoms with Crippen LogP contribution < -0.4 is 4.74 Å². The SMILES string of the molecule is COc1cnc2[nH]cc(C(=O)c3cccc4c3ccn4C(=O)O)c2c1. The maximum atomic E-state index is 13.1. The first-order valence-electron chi connectivity index (χ1n) is 7.49. The van der Waals surface area contributed by atoms with Crippen molar-refractivity contribution in [3.05, 3.63) is 60.0 Å². The molecular formula is C18H13N3O4. The Morgan fingerprint density at radius 1 is 1.20 bits per heavy atom. The number of nitrogens with one attached hydrogen (secondary N) is 1. The van der Waals surface area contributed by atoms with E-state index in [0.29, 0.717) is 38.8 Å². The van der Waals surface area contributed by atoms with Crippen LogP contribution in [0.25, 0.3) is 21.9 Å². The number of rotatable bonds is 3. The first-order valence-corrected chi connectivity index (χ1v) is 7.49. The molecule has 3 heterocycles. The Morgan fingerprint density at radius 2 is 2.04 bits per heavy atom. The molecule has 7 heteroatoms. The quantitative estimate of drug-likeness (QED) is 0.560. The largest absolute Gasteiger partial charge is 0.495 e. The van der Waals surface area contributed by atoms with Crippen molar-refractivity contribution in [2.45, 2.75) is 0 Å². The summed E-state index contributed by atoms with van der Waals surface area (Å²) in [5.74, 6) is 0.339.